The molecule has 4 nitrogen and oxygen atoms in total. The van der Waals surface area contributed by atoms with E-state index in [4.69, 9.17) is 5.11 Å². The lowest BCUT2D eigenvalue weighted by atomic mass is 10.1. The number of carbonyl (C=O) groups excluding carboxylic acids is 1. The molecule has 1 aliphatic rings. The molecule has 0 aromatic heterocycles. The number of hydrogen-bond acceptors (Lipinski definition) is 2. The molecule has 1 fully saturated rings. The van der Waals surface area contributed by atoms with E-state index in [9.17, 15) is 9.59 Å². The third-order valence-corrected chi connectivity index (χ3v) is 3.84. The Morgan fingerprint density at radius 1 is 1.44 bits per heavy atom. The molecule has 0 radical (unpaired) electrons. The number of carboxylic acid groups (broad SMARTS) is 1. The van der Waals surface area contributed by atoms with Crippen LogP contribution in [0.3, 0.4) is 0 Å². The molecular formula is C13H14BrNO3. The van der Waals surface area contributed by atoms with Crippen molar-refractivity contribution < 1.29 is 14.7 Å². The zero-order valence-electron chi connectivity index (χ0n) is 10.0. The predicted molar refractivity (Wildman–Crippen MR) is 70.6 cm³/mol. The summed E-state index contributed by atoms with van der Waals surface area (Å²) >= 11 is 3.34. The highest BCUT2D eigenvalue weighted by molar-refractivity contribution is 9.10. The quantitative estimate of drug-likeness (QED) is 0.912. The van der Waals surface area contributed by atoms with Gasteiger partial charge in [-0.3, -0.25) is 4.79 Å². The molecular weight excluding hydrogens is 298 g/mol. The molecule has 1 atom stereocenters. The van der Waals surface area contributed by atoms with E-state index < -0.39 is 12.0 Å². The molecule has 1 aromatic rings. The maximum Gasteiger partial charge on any atom is 0.326 e. The minimum atomic E-state index is -0.926. The number of carbonyl (C=O) groups is 2. The van der Waals surface area contributed by atoms with Gasteiger partial charge in [0.2, 0.25) is 0 Å². The van der Waals surface area contributed by atoms with Crippen molar-refractivity contribution in [3.8, 4) is 0 Å². The van der Waals surface area contributed by atoms with E-state index in [2.05, 4.69) is 15.9 Å². The van der Waals surface area contributed by atoms with Crippen LogP contribution in [0.25, 0.3) is 0 Å². The van der Waals surface area contributed by atoms with Crippen molar-refractivity contribution in [2.24, 2.45) is 0 Å². The Bertz CT molecular complexity index is 501. The third-order valence-electron chi connectivity index (χ3n) is 3.15. The second-order valence-electron chi connectivity index (χ2n) is 4.48. The fraction of sp³-hybridized carbons (Fsp3) is 0.385. The van der Waals surface area contributed by atoms with Gasteiger partial charge in [-0.15, -0.1) is 0 Å². The molecule has 1 amide bonds. The SMILES string of the molecule is Cc1ccc(Br)c(C(=O)N2CCC[C@H]2C(=O)O)c1. The van der Waals surface area contributed by atoms with Crippen LogP contribution in [0.1, 0.15) is 28.8 Å². The summed E-state index contributed by atoms with van der Waals surface area (Å²) in [7, 11) is 0. The van der Waals surface area contributed by atoms with Crippen LogP contribution >= 0.6 is 15.9 Å². The highest BCUT2D eigenvalue weighted by atomic mass is 79.9. The van der Waals surface area contributed by atoms with Crippen LogP contribution in [-0.4, -0.2) is 34.5 Å². The summed E-state index contributed by atoms with van der Waals surface area (Å²) < 4.78 is 0.703. The standard InChI is InChI=1S/C13H14BrNO3/c1-8-4-5-10(14)9(7-8)12(16)15-6-2-3-11(15)13(17)18/h4-5,7,11H,2-3,6H2,1H3,(H,17,18)/t11-/m0/s1. The van der Waals surface area contributed by atoms with Gasteiger partial charge < -0.3 is 10.0 Å². The zero-order chi connectivity index (χ0) is 13.3. The maximum absolute atomic E-state index is 12.4. The third kappa shape index (κ3) is 2.41. The molecule has 96 valence electrons. The monoisotopic (exact) mass is 311 g/mol. The van der Waals surface area contributed by atoms with Gasteiger partial charge >= 0.3 is 5.97 Å². The summed E-state index contributed by atoms with van der Waals surface area (Å²) in [6, 6.07) is 4.81. The topological polar surface area (TPSA) is 57.6 Å². The zero-order valence-corrected chi connectivity index (χ0v) is 11.6. The summed E-state index contributed by atoms with van der Waals surface area (Å²) in [6.45, 7) is 2.41. The van der Waals surface area contributed by atoms with Crippen LogP contribution < -0.4 is 0 Å². The van der Waals surface area contributed by atoms with E-state index in [-0.39, 0.29) is 5.91 Å². The van der Waals surface area contributed by atoms with E-state index in [1.165, 1.54) is 4.90 Å². The average Bonchev–Trinajstić information content (AvgIpc) is 2.80. The molecule has 0 spiro atoms. The van der Waals surface area contributed by atoms with Crippen molar-refractivity contribution in [3.63, 3.8) is 0 Å². The van der Waals surface area contributed by atoms with Crippen molar-refractivity contribution in [2.45, 2.75) is 25.8 Å². The first-order valence-electron chi connectivity index (χ1n) is 5.80. The first-order chi connectivity index (χ1) is 8.50. The molecule has 0 saturated carbocycles. The van der Waals surface area contributed by atoms with E-state index in [1.54, 1.807) is 6.07 Å². The molecule has 18 heavy (non-hydrogen) atoms. The Morgan fingerprint density at radius 3 is 2.83 bits per heavy atom. The van der Waals surface area contributed by atoms with Crippen LogP contribution in [0.4, 0.5) is 0 Å². The molecule has 0 unspecified atom stereocenters. The van der Waals surface area contributed by atoms with E-state index in [0.29, 0.717) is 23.0 Å². The largest absolute Gasteiger partial charge is 0.480 e. The number of likely N-dealkylation sites (tertiary alicyclic amines) is 1. The van der Waals surface area contributed by atoms with Gasteiger partial charge in [0.05, 0.1) is 5.56 Å². The van der Waals surface area contributed by atoms with Gasteiger partial charge in [-0.2, -0.15) is 0 Å². The summed E-state index contributed by atoms with van der Waals surface area (Å²) in [6.07, 6.45) is 1.27. The first-order valence-corrected chi connectivity index (χ1v) is 6.60. The van der Waals surface area contributed by atoms with Crippen LogP contribution in [0.5, 0.6) is 0 Å². The number of nitrogens with zero attached hydrogens (tertiary/aromatic N) is 1. The fourth-order valence-corrected chi connectivity index (χ4v) is 2.64. The molecule has 0 aliphatic carbocycles. The van der Waals surface area contributed by atoms with Crippen LogP contribution in [0.2, 0.25) is 0 Å². The number of carboxylic acids is 1. The van der Waals surface area contributed by atoms with Crippen molar-refractivity contribution in [2.75, 3.05) is 6.54 Å². The number of rotatable bonds is 2. The Balaban J connectivity index is 2.31. The molecule has 1 N–H and O–H groups in total. The molecule has 1 heterocycles. The summed E-state index contributed by atoms with van der Waals surface area (Å²) in [5.74, 6) is -1.14. The lowest BCUT2D eigenvalue weighted by Crippen LogP contribution is -2.40. The number of aliphatic carboxylic acids is 1. The smallest absolute Gasteiger partial charge is 0.326 e. The molecule has 1 saturated heterocycles. The number of halogens is 1. The van der Waals surface area contributed by atoms with Gasteiger partial charge in [-0.05, 0) is 47.8 Å². The Labute approximate surface area is 114 Å². The van der Waals surface area contributed by atoms with Gasteiger partial charge in [0, 0.05) is 11.0 Å². The van der Waals surface area contributed by atoms with Gasteiger partial charge in [0.15, 0.2) is 0 Å². The van der Waals surface area contributed by atoms with Crippen LogP contribution in [0, 0.1) is 6.92 Å². The van der Waals surface area contributed by atoms with Crippen molar-refractivity contribution in [1.29, 1.82) is 0 Å². The van der Waals surface area contributed by atoms with Gasteiger partial charge in [0.1, 0.15) is 6.04 Å². The lowest BCUT2D eigenvalue weighted by molar-refractivity contribution is -0.141. The fourth-order valence-electron chi connectivity index (χ4n) is 2.22. The Hall–Kier alpha value is -1.36. The number of aryl methyl sites for hydroxylation is 1. The van der Waals surface area contributed by atoms with Gasteiger partial charge in [-0.1, -0.05) is 11.6 Å². The molecule has 1 aliphatic heterocycles. The highest BCUT2D eigenvalue weighted by Crippen LogP contribution is 2.25. The van der Waals surface area contributed by atoms with Crippen LogP contribution in [-0.2, 0) is 4.79 Å². The van der Waals surface area contributed by atoms with Gasteiger partial charge in [-0.25, -0.2) is 4.79 Å². The Morgan fingerprint density at radius 2 is 2.17 bits per heavy atom. The summed E-state index contributed by atoms with van der Waals surface area (Å²) in [5.41, 5.74) is 1.51. The van der Waals surface area contributed by atoms with Crippen molar-refractivity contribution in [3.05, 3.63) is 33.8 Å². The van der Waals surface area contributed by atoms with Gasteiger partial charge in [0.25, 0.3) is 5.91 Å². The highest BCUT2D eigenvalue weighted by Gasteiger charge is 2.34. The number of benzene rings is 1. The first kappa shape index (κ1) is 13.1. The van der Waals surface area contributed by atoms with Crippen molar-refractivity contribution in [1.82, 2.24) is 4.90 Å². The Kier molecular flexibility index (Phi) is 3.71. The molecule has 1 aromatic carbocycles. The molecule has 2 rings (SSSR count). The van der Waals surface area contributed by atoms with E-state index in [1.807, 2.05) is 19.1 Å². The normalized spacial score (nSPS) is 19.0. The van der Waals surface area contributed by atoms with E-state index in [0.717, 1.165) is 12.0 Å². The van der Waals surface area contributed by atoms with Crippen molar-refractivity contribution >= 4 is 27.8 Å². The summed E-state index contributed by atoms with van der Waals surface area (Å²) in [4.78, 5) is 24.9. The minimum Gasteiger partial charge on any atom is -0.480 e. The molecule has 5 heteroatoms. The van der Waals surface area contributed by atoms with Crippen LogP contribution in [0.15, 0.2) is 22.7 Å². The number of amides is 1. The number of hydrogen-bond donors (Lipinski definition) is 1. The summed E-state index contributed by atoms with van der Waals surface area (Å²) in [5, 5.41) is 9.10. The maximum atomic E-state index is 12.4. The van der Waals surface area contributed by atoms with E-state index >= 15 is 0 Å². The predicted octanol–water partition coefficient (Wildman–Crippen LogP) is 2.45. The minimum absolute atomic E-state index is 0.213. The average molecular weight is 312 g/mol. The lowest BCUT2D eigenvalue weighted by Gasteiger charge is -2.22. The molecule has 0 bridgehead atoms. The second kappa shape index (κ2) is 5.10. The second-order valence-corrected chi connectivity index (χ2v) is 5.33.